The molecule has 0 aliphatic rings. The average molecular weight is 348 g/mol. The molecule has 0 N–H and O–H groups in total. The number of aryl methyl sites for hydroxylation is 1. The highest BCUT2D eigenvalue weighted by Gasteiger charge is 2.05. The number of ether oxygens (including phenoxy) is 1. The van der Waals surface area contributed by atoms with Gasteiger partial charge < -0.3 is 9.53 Å². The Morgan fingerprint density at radius 1 is 1.00 bits per heavy atom. The van der Waals surface area contributed by atoms with Gasteiger partial charge in [0.25, 0.3) is 0 Å². The minimum absolute atomic E-state index is 0.271. The predicted molar refractivity (Wildman–Crippen MR) is 107 cm³/mol. The number of carbonyl (C=O) groups excluding carboxylic acids is 1. The Labute approximate surface area is 157 Å². The van der Waals surface area contributed by atoms with Crippen LogP contribution in [0.15, 0.2) is 48.5 Å². The van der Waals surface area contributed by atoms with Gasteiger partial charge in [0.2, 0.25) is 0 Å². The topological polar surface area (TPSA) is 26.3 Å². The van der Waals surface area contributed by atoms with E-state index in [0.29, 0.717) is 12.3 Å². The highest BCUT2D eigenvalue weighted by Crippen LogP contribution is 2.14. The van der Waals surface area contributed by atoms with Gasteiger partial charge in [-0.1, -0.05) is 37.8 Å². The van der Waals surface area contributed by atoms with Crippen LogP contribution in [0, 0.1) is 17.8 Å². The van der Waals surface area contributed by atoms with Crippen molar-refractivity contribution in [2.45, 2.75) is 46.5 Å². The summed E-state index contributed by atoms with van der Waals surface area (Å²) in [6.45, 7) is 6.64. The smallest absolute Gasteiger partial charge is 0.130 e. The van der Waals surface area contributed by atoms with E-state index in [2.05, 4.69) is 50.0 Å². The Morgan fingerprint density at radius 3 is 2.12 bits per heavy atom. The molecule has 0 aliphatic carbocycles. The Hall–Kier alpha value is -2.53. The van der Waals surface area contributed by atoms with Gasteiger partial charge in [-0.3, -0.25) is 0 Å². The third-order valence-corrected chi connectivity index (χ3v) is 4.19. The fourth-order valence-corrected chi connectivity index (χ4v) is 2.76. The van der Waals surface area contributed by atoms with Crippen LogP contribution in [0.2, 0.25) is 0 Å². The first-order valence-electron chi connectivity index (χ1n) is 9.40. The SMILES string of the molecule is CCCOc1ccc(C#Cc2ccc(CCC(C)CC(C)=O)cc2)cc1. The summed E-state index contributed by atoms with van der Waals surface area (Å²) in [5, 5.41) is 0. The van der Waals surface area contributed by atoms with Gasteiger partial charge >= 0.3 is 0 Å². The molecule has 0 spiro atoms. The zero-order valence-electron chi connectivity index (χ0n) is 16.0. The number of carbonyl (C=O) groups is 1. The van der Waals surface area contributed by atoms with Crippen LogP contribution >= 0.6 is 0 Å². The van der Waals surface area contributed by atoms with Crippen molar-refractivity contribution in [3.8, 4) is 17.6 Å². The summed E-state index contributed by atoms with van der Waals surface area (Å²) < 4.78 is 5.58. The molecular formula is C24H28O2. The number of rotatable bonds is 8. The molecule has 0 fully saturated rings. The summed E-state index contributed by atoms with van der Waals surface area (Å²) in [4.78, 5) is 11.1. The third-order valence-electron chi connectivity index (χ3n) is 4.19. The van der Waals surface area contributed by atoms with Crippen LogP contribution in [0.3, 0.4) is 0 Å². The molecule has 2 heteroatoms. The fraction of sp³-hybridized carbons (Fsp3) is 0.375. The zero-order chi connectivity index (χ0) is 18.8. The predicted octanol–water partition coefficient (Wildman–Crippen LogP) is 5.42. The van der Waals surface area contributed by atoms with Crippen LogP contribution in [0.5, 0.6) is 5.75 Å². The number of hydrogen-bond acceptors (Lipinski definition) is 2. The van der Waals surface area contributed by atoms with E-state index >= 15 is 0 Å². The maximum atomic E-state index is 11.1. The van der Waals surface area contributed by atoms with Gasteiger partial charge in [0, 0.05) is 17.5 Å². The molecule has 2 aromatic carbocycles. The van der Waals surface area contributed by atoms with Gasteiger partial charge in [-0.2, -0.15) is 0 Å². The second kappa shape index (κ2) is 10.5. The first-order chi connectivity index (χ1) is 12.6. The van der Waals surface area contributed by atoms with E-state index in [1.807, 2.05) is 24.3 Å². The molecule has 26 heavy (non-hydrogen) atoms. The van der Waals surface area contributed by atoms with E-state index in [0.717, 1.165) is 42.7 Å². The molecule has 0 radical (unpaired) electrons. The molecule has 1 unspecified atom stereocenters. The maximum Gasteiger partial charge on any atom is 0.130 e. The largest absolute Gasteiger partial charge is 0.494 e. The lowest BCUT2D eigenvalue weighted by molar-refractivity contribution is -0.117. The summed E-state index contributed by atoms with van der Waals surface area (Å²) in [6.07, 6.45) is 3.72. The van der Waals surface area contributed by atoms with E-state index in [-0.39, 0.29) is 5.78 Å². The molecule has 0 amide bonds. The van der Waals surface area contributed by atoms with Crippen LogP contribution in [0.25, 0.3) is 0 Å². The van der Waals surface area contributed by atoms with Crippen molar-refractivity contribution in [2.75, 3.05) is 6.61 Å². The molecule has 0 saturated carbocycles. The lowest BCUT2D eigenvalue weighted by atomic mass is 9.96. The van der Waals surface area contributed by atoms with Crippen LogP contribution in [-0.2, 0) is 11.2 Å². The molecule has 0 bridgehead atoms. The van der Waals surface area contributed by atoms with E-state index in [9.17, 15) is 4.79 Å². The van der Waals surface area contributed by atoms with Crippen molar-refractivity contribution < 1.29 is 9.53 Å². The Balaban J connectivity index is 1.89. The minimum Gasteiger partial charge on any atom is -0.494 e. The van der Waals surface area contributed by atoms with E-state index < -0.39 is 0 Å². The summed E-state index contributed by atoms with van der Waals surface area (Å²) >= 11 is 0. The van der Waals surface area contributed by atoms with E-state index in [4.69, 9.17) is 4.74 Å². The van der Waals surface area contributed by atoms with E-state index in [1.165, 1.54) is 5.56 Å². The van der Waals surface area contributed by atoms with Crippen molar-refractivity contribution in [1.29, 1.82) is 0 Å². The molecule has 0 heterocycles. The van der Waals surface area contributed by atoms with Gasteiger partial charge in [-0.15, -0.1) is 0 Å². The maximum absolute atomic E-state index is 11.1. The van der Waals surface area contributed by atoms with Gasteiger partial charge in [0.1, 0.15) is 11.5 Å². The highest BCUT2D eigenvalue weighted by atomic mass is 16.5. The second-order valence-corrected chi connectivity index (χ2v) is 6.87. The zero-order valence-corrected chi connectivity index (χ0v) is 16.0. The Kier molecular flexibility index (Phi) is 7.96. The number of hydrogen-bond donors (Lipinski definition) is 0. The third kappa shape index (κ3) is 7.15. The fourth-order valence-electron chi connectivity index (χ4n) is 2.76. The van der Waals surface area contributed by atoms with Crippen LogP contribution in [0.4, 0.5) is 0 Å². The molecule has 1 atom stereocenters. The van der Waals surface area contributed by atoms with Crippen LogP contribution in [0.1, 0.15) is 56.7 Å². The van der Waals surface area contributed by atoms with Gasteiger partial charge in [-0.25, -0.2) is 0 Å². The van der Waals surface area contributed by atoms with Crippen molar-refractivity contribution >= 4 is 5.78 Å². The number of ketones is 1. The standard InChI is InChI=1S/C24H28O2/c1-4-17-26-24-15-13-23(14-16-24)12-11-22-9-7-21(8-10-22)6-5-19(2)18-20(3)25/h7-10,13-16,19H,4-6,17-18H2,1-3H3. The molecule has 2 rings (SSSR count). The van der Waals surface area contributed by atoms with Crippen molar-refractivity contribution in [3.63, 3.8) is 0 Å². The Bertz CT molecular complexity index is 746. The summed E-state index contributed by atoms with van der Waals surface area (Å²) in [5.41, 5.74) is 3.29. The Morgan fingerprint density at radius 2 is 1.58 bits per heavy atom. The first kappa shape index (κ1) is 19.8. The van der Waals surface area contributed by atoms with Crippen molar-refractivity contribution in [3.05, 3.63) is 65.2 Å². The molecule has 0 aliphatic heterocycles. The first-order valence-corrected chi connectivity index (χ1v) is 9.40. The highest BCUT2D eigenvalue weighted by molar-refractivity contribution is 5.75. The molecular weight excluding hydrogens is 320 g/mol. The summed E-state index contributed by atoms with van der Waals surface area (Å²) in [7, 11) is 0. The molecule has 2 aromatic rings. The molecule has 0 saturated heterocycles. The van der Waals surface area contributed by atoms with Crippen LogP contribution in [-0.4, -0.2) is 12.4 Å². The summed E-state index contributed by atoms with van der Waals surface area (Å²) in [6, 6.07) is 16.3. The second-order valence-electron chi connectivity index (χ2n) is 6.87. The normalized spacial score (nSPS) is 11.3. The number of benzene rings is 2. The van der Waals surface area contributed by atoms with Crippen molar-refractivity contribution in [1.82, 2.24) is 0 Å². The minimum atomic E-state index is 0.271. The monoisotopic (exact) mass is 348 g/mol. The number of Topliss-reactive ketones (excluding diaryl/α,β-unsaturated/α-hetero) is 1. The van der Waals surface area contributed by atoms with Gasteiger partial charge in [-0.05, 0) is 74.1 Å². The van der Waals surface area contributed by atoms with Crippen molar-refractivity contribution in [2.24, 2.45) is 5.92 Å². The lowest BCUT2D eigenvalue weighted by Crippen LogP contribution is -2.03. The van der Waals surface area contributed by atoms with E-state index in [1.54, 1.807) is 6.92 Å². The molecule has 136 valence electrons. The quantitative estimate of drug-likeness (QED) is 0.595. The van der Waals surface area contributed by atoms with Crippen LogP contribution < -0.4 is 4.74 Å². The summed E-state index contributed by atoms with van der Waals surface area (Å²) in [5.74, 6) is 8.00. The van der Waals surface area contributed by atoms with Gasteiger partial charge in [0.05, 0.1) is 6.61 Å². The lowest BCUT2D eigenvalue weighted by Gasteiger charge is -2.08. The molecule has 0 aromatic heterocycles. The van der Waals surface area contributed by atoms with Gasteiger partial charge in [0.15, 0.2) is 0 Å². The average Bonchev–Trinajstić information content (AvgIpc) is 2.64. The molecule has 2 nitrogen and oxygen atoms in total.